The van der Waals surface area contributed by atoms with Crippen LogP contribution in [-0.4, -0.2) is 30.5 Å². The van der Waals surface area contributed by atoms with Crippen LogP contribution in [0.1, 0.15) is 36.8 Å². The first-order valence-corrected chi connectivity index (χ1v) is 10.7. The number of aliphatic hydroxyl groups is 1. The quantitative estimate of drug-likeness (QED) is 0.619. The van der Waals surface area contributed by atoms with Crippen molar-refractivity contribution < 1.29 is 19.4 Å². The normalized spacial score (nSPS) is 20.9. The number of rotatable bonds is 9. The summed E-state index contributed by atoms with van der Waals surface area (Å²) < 4.78 is 11.8. The maximum absolute atomic E-state index is 12.9. The summed E-state index contributed by atoms with van der Waals surface area (Å²) in [7, 11) is 0. The van der Waals surface area contributed by atoms with E-state index < -0.39 is 6.29 Å². The Balaban J connectivity index is 1.85. The van der Waals surface area contributed by atoms with Crippen LogP contribution in [0.15, 0.2) is 66.4 Å². The fraction of sp³-hybridized carbons (Fsp3) is 0.375. The molecule has 1 heterocycles. The molecule has 3 rings (SSSR count). The minimum atomic E-state index is -0.565. The number of nitrogens with one attached hydrogen (secondary N) is 1. The number of carbonyl (C=O) groups is 1. The predicted molar refractivity (Wildman–Crippen MR) is 117 cm³/mol. The number of carbonyl (C=O) groups excluding carboxylic acids is 1. The molecule has 0 aromatic heterocycles. The lowest BCUT2D eigenvalue weighted by molar-refractivity contribution is -0.166. The van der Waals surface area contributed by atoms with Gasteiger partial charge in [-0.1, -0.05) is 54.1 Å². The first-order valence-electron chi connectivity index (χ1n) is 10.3. The Labute approximate surface area is 182 Å². The molecule has 1 aliphatic heterocycles. The van der Waals surface area contributed by atoms with Gasteiger partial charge in [-0.25, -0.2) is 0 Å². The van der Waals surface area contributed by atoms with Crippen LogP contribution in [0.3, 0.4) is 0 Å². The Morgan fingerprint density at radius 1 is 1.17 bits per heavy atom. The summed E-state index contributed by atoms with van der Waals surface area (Å²) in [5, 5.41) is 12.9. The number of hydrogen-bond donors (Lipinski definition) is 2. The molecule has 5 nitrogen and oxygen atoms in total. The first kappa shape index (κ1) is 22.3. The molecule has 2 aromatic rings. The van der Waals surface area contributed by atoms with Crippen LogP contribution in [0.2, 0.25) is 5.02 Å². The third-order valence-corrected chi connectivity index (χ3v) is 5.44. The summed E-state index contributed by atoms with van der Waals surface area (Å²) in [5.74, 6) is -0.131. The van der Waals surface area contributed by atoms with Crippen LogP contribution in [0.5, 0.6) is 0 Å². The summed E-state index contributed by atoms with van der Waals surface area (Å²) >= 11 is 6.07. The monoisotopic (exact) mass is 429 g/mol. The fourth-order valence-corrected chi connectivity index (χ4v) is 3.82. The van der Waals surface area contributed by atoms with Gasteiger partial charge in [0.05, 0.1) is 0 Å². The topological polar surface area (TPSA) is 67.8 Å². The van der Waals surface area contributed by atoms with Gasteiger partial charge in [0.25, 0.3) is 5.91 Å². The number of hydrogen-bond acceptors (Lipinski definition) is 4. The van der Waals surface area contributed by atoms with Crippen LogP contribution in [0.25, 0.3) is 0 Å². The average Bonchev–Trinajstić information content (AvgIpc) is 2.77. The van der Waals surface area contributed by atoms with E-state index in [0.29, 0.717) is 31.0 Å². The third-order valence-electron chi connectivity index (χ3n) is 5.19. The van der Waals surface area contributed by atoms with Gasteiger partial charge in [0.15, 0.2) is 5.76 Å². The van der Waals surface area contributed by atoms with Crippen LogP contribution in [0.4, 0.5) is 0 Å². The Hall–Kier alpha value is -2.34. The van der Waals surface area contributed by atoms with Crippen LogP contribution >= 0.6 is 11.6 Å². The van der Waals surface area contributed by atoms with E-state index in [1.54, 1.807) is 0 Å². The number of allylic oxidation sites excluding steroid dienone is 1. The zero-order valence-corrected chi connectivity index (χ0v) is 17.8. The van der Waals surface area contributed by atoms with E-state index >= 15 is 0 Å². The smallest absolute Gasteiger partial charge is 0.286 e. The van der Waals surface area contributed by atoms with Crippen molar-refractivity contribution in [2.24, 2.45) is 5.92 Å². The van der Waals surface area contributed by atoms with Gasteiger partial charge < -0.3 is 19.9 Å². The molecule has 0 bridgehead atoms. The van der Waals surface area contributed by atoms with E-state index in [-0.39, 0.29) is 30.1 Å². The van der Waals surface area contributed by atoms with Gasteiger partial charge in [0.2, 0.25) is 6.29 Å². The fourth-order valence-electron chi connectivity index (χ4n) is 3.70. The highest BCUT2D eigenvalue weighted by atomic mass is 35.5. The zero-order chi connectivity index (χ0) is 21.3. The lowest BCUT2D eigenvalue weighted by Gasteiger charge is -2.37. The molecular weight excluding hydrogens is 402 g/mol. The van der Waals surface area contributed by atoms with E-state index in [0.717, 1.165) is 11.1 Å². The second kappa shape index (κ2) is 11.2. The van der Waals surface area contributed by atoms with E-state index in [9.17, 15) is 9.90 Å². The highest BCUT2D eigenvalue weighted by molar-refractivity contribution is 6.30. The van der Waals surface area contributed by atoms with Crippen molar-refractivity contribution in [1.82, 2.24) is 5.32 Å². The Morgan fingerprint density at radius 3 is 2.57 bits per heavy atom. The van der Waals surface area contributed by atoms with E-state index in [1.165, 1.54) is 0 Å². The van der Waals surface area contributed by atoms with E-state index in [4.69, 9.17) is 21.1 Å². The van der Waals surface area contributed by atoms with Crippen molar-refractivity contribution in [3.63, 3.8) is 0 Å². The first-order chi connectivity index (χ1) is 14.6. The molecule has 0 fully saturated rings. The molecule has 1 aliphatic rings. The van der Waals surface area contributed by atoms with Crippen molar-refractivity contribution in [1.29, 1.82) is 0 Å². The molecule has 0 radical (unpaired) electrons. The molecule has 2 N–H and O–H groups in total. The molecule has 30 heavy (non-hydrogen) atoms. The molecule has 2 aromatic carbocycles. The summed E-state index contributed by atoms with van der Waals surface area (Å²) in [6.45, 7) is 2.87. The van der Waals surface area contributed by atoms with E-state index in [2.05, 4.69) is 5.32 Å². The molecular formula is C24H28ClNO4. The highest BCUT2D eigenvalue weighted by Gasteiger charge is 2.37. The van der Waals surface area contributed by atoms with Gasteiger partial charge in [0.1, 0.15) is 0 Å². The molecule has 0 aliphatic carbocycles. The molecule has 1 amide bonds. The van der Waals surface area contributed by atoms with Crippen molar-refractivity contribution >= 4 is 17.5 Å². The van der Waals surface area contributed by atoms with Gasteiger partial charge in [-0.05, 0) is 49.1 Å². The maximum Gasteiger partial charge on any atom is 0.286 e. The SMILES string of the molecule is CCO[C@H]1OC(C(=O)NCc2ccccc2)=C[C@@H](c2ccc(Cl)cc2)[C@@H]1CCCO. The standard InChI is InChI=1S/C24H28ClNO4/c1-2-29-24-20(9-6-14-27)21(18-10-12-19(25)13-11-18)15-22(30-24)23(28)26-16-17-7-4-3-5-8-17/h3-5,7-8,10-13,15,20-21,24,27H,2,6,9,14,16H2,1H3,(H,26,28)/t20-,21-,24-/m0/s1. The third kappa shape index (κ3) is 5.85. The summed E-state index contributed by atoms with van der Waals surface area (Å²) in [4.78, 5) is 12.9. The Kier molecular flexibility index (Phi) is 8.31. The average molecular weight is 430 g/mol. The van der Waals surface area contributed by atoms with Gasteiger partial charge >= 0.3 is 0 Å². The lowest BCUT2D eigenvalue weighted by Crippen LogP contribution is -2.38. The second-order valence-corrected chi connectivity index (χ2v) is 7.68. The zero-order valence-electron chi connectivity index (χ0n) is 17.1. The van der Waals surface area contributed by atoms with Gasteiger partial charge in [-0.15, -0.1) is 0 Å². The van der Waals surface area contributed by atoms with Crippen molar-refractivity contribution in [3.8, 4) is 0 Å². The molecule has 0 unspecified atom stereocenters. The number of aliphatic hydroxyl groups excluding tert-OH is 1. The van der Waals surface area contributed by atoms with Gasteiger partial charge in [-0.2, -0.15) is 0 Å². The molecule has 0 saturated heterocycles. The molecule has 6 heteroatoms. The van der Waals surface area contributed by atoms with Crippen LogP contribution in [-0.2, 0) is 20.8 Å². The number of benzene rings is 2. The van der Waals surface area contributed by atoms with Crippen molar-refractivity contribution in [2.75, 3.05) is 13.2 Å². The highest BCUT2D eigenvalue weighted by Crippen LogP contribution is 2.39. The summed E-state index contributed by atoms with van der Waals surface area (Å²) in [5.41, 5.74) is 2.04. The Morgan fingerprint density at radius 2 is 1.90 bits per heavy atom. The maximum atomic E-state index is 12.9. The lowest BCUT2D eigenvalue weighted by atomic mass is 9.80. The Bertz CT molecular complexity index is 838. The van der Waals surface area contributed by atoms with Crippen LogP contribution in [0, 0.1) is 5.92 Å². The minimum absolute atomic E-state index is 0.0241. The van der Waals surface area contributed by atoms with Gasteiger partial charge in [-0.3, -0.25) is 4.79 Å². The minimum Gasteiger partial charge on any atom is -0.459 e. The van der Waals surface area contributed by atoms with Crippen molar-refractivity contribution in [3.05, 3.63) is 82.6 Å². The van der Waals surface area contributed by atoms with Crippen molar-refractivity contribution in [2.45, 2.75) is 38.5 Å². The molecule has 160 valence electrons. The number of amides is 1. The van der Waals surface area contributed by atoms with Gasteiger partial charge in [0, 0.05) is 36.6 Å². The summed E-state index contributed by atoms with van der Waals surface area (Å²) in [6, 6.07) is 17.3. The number of halogens is 1. The van der Waals surface area contributed by atoms with Crippen LogP contribution < -0.4 is 5.32 Å². The predicted octanol–water partition coefficient (Wildman–Crippen LogP) is 4.41. The molecule has 0 saturated carbocycles. The number of ether oxygens (including phenoxy) is 2. The molecule has 3 atom stereocenters. The van der Waals surface area contributed by atoms with E-state index in [1.807, 2.05) is 67.6 Å². The second-order valence-electron chi connectivity index (χ2n) is 7.25. The molecule has 0 spiro atoms. The largest absolute Gasteiger partial charge is 0.459 e. The summed E-state index contributed by atoms with van der Waals surface area (Å²) in [6.07, 6.45) is 2.64.